The minimum atomic E-state index is -0.0620. The van der Waals surface area contributed by atoms with Crippen LogP contribution in [0.4, 0.5) is 5.69 Å². The predicted octanol–water partition coefficient (Wildman–Crippen LogP) is 9.32. The van der Waals surface area contributed by atoms with E-state index in [9.17, 15) is 4.79 Å². The van der Waals surface area contributed by atoms with Gasteiger partial charge in [-0.2, -0.15) is 0 Å². The standard InChI is InChI=1S/C34H50N2O3S/c1-4-5-6-7-8-9-10-11-12-13-14-15-22-39-34-30(19-17-21-32(34)38-3)24-33(37)35-31-20-16-18-29(23-31)26-36-25-28(2)40-27-36/h16-21,23,25H,4-15,22,24,26-27H2,1-3H3,(H,35,37). The van der Waals surface area contributed by atoms with Crippen molar-refractivity contribution >= 4 is 23.4 Å². The number of ether oxygens (including phenoxy) is 2. The zero-order valence-electron chi connectivity index (χ0n) is 25.0. The number of unbranched alkanes of at least 4 members (excludes halogenated alkanes) is 11. The number of allylic oxidation sites excluding steroid dienone is 1. The summed E-state index contributed by atoms with van der Waals surface area (Å²) >= 11 is 1.86. The third-order valence-electron chi connectivity index (χ3n) is 7.29. The molecule has 0 atom stereocenters. The molecule has 0 saturated carbocycles. The first kappa shape index (κ1) is 31.9. The Balaban J connectivity index is 1.39. The molecule has 2 aromatic rings. The lowest BCUT2D eigenvalue weighted by Gasteiger charge is -2.16. The molecule has 2 aromatic carbocycles. The summed E-state index contributed by atoms with van der Waals surface area (Å²) in [4.78, 5) is 16.6. The van der Waals surface area contributed by atoms with Crippen LogP contribution in [-0.2, 0) is 17.8 Å². The van der Waals surface area contributed by atoms with Gasteiger partial charge in [0.1, 0.15) is 0 Å². The number of carbonyl (C=O) groups excluding carboxylic acids is 1. The molecule has 1 aliphatic rings. The summed E-state index contributed by atoms with van der Waals surface area (Å²) in [5.74, 6) is 2.28. The number of hydrogen-bond acceptors (Lipinski definition) is 5. The Morgan fingerprint density at radius 1 is 0.925 bits per heavy atom. The first-order valence-electron chi connectivity index (χ1n) is 15.3. The van der Waals surface area contributed by atoms with E-state index in [1.807, 2.05) is 42.1 Å². The molecule has 0 spiro atoms. The Morgan fingerprint density at radius 3 is 2.25 bits per heavy atom. The average Bonchev–Trinajstić information content (AvgIpc) is 3.36. The largest absolute Gasteiger partial charge is 0.493 e. The topological polar surface area (TPSA) is 50.8 Å². The molecule has 0 aliphatic carbocycles. The third kappa shape index (κ3) is 11.9. The monoisotopic (exact) mass is 566 g/mol. The number of nitrogens with zero attached hydrogens (tertiary/aromatic N) is 1. The van der Waals surface area contributed by atoms with Crippen LogP contribution < -0.4 is 14.8 Å². The molecule has 0 unspecified atom stereocenters. The van der Waals surface area contributed by atoms with E-state index in [-0.39, 0.29) is 12.3 Å². The molecule has 0 radical (unpaired) electrons. The quantitative estimate of drug-likeness (QED) is 0.162. The van der Waals surface area contributed by atoms with E-state index >= 15 is 0 Å². The van der Waals surface area contributed by atoms with Crippen molar-refractivity contribution in [3.8, 4) is 11.5 Å². The molecule has 220 valence electrons. The second kappa shape index (κ2) is 18.7. The van der Waals surface area contributed by atoms with Crippen LogP contribution in [0.25, 0.3) is 0 Å². The highest BCUT2D eigenvalue weighted by molar-refractivity contribution is 8.03. The molecule has 1 heterocycles. The smallest absolute Gasteiger partial charge is 0.228 e. The number of thioether (sulfide) groups is 1. The van der Waals surface area contributed by atoms with Crippen LogP contribution in [0.1, 0.15) is 102 Å². The molecule has 1 aliphatic heterocycles. The normalized spacial score (nSPS) is 12.9. The fourth-order valence-corrected chi connectivity index (χ4v) is 5.87. The zero-order valence-corrected chi connectivity index (χ0v) is 25.8. The highest BCUT2D eigenvalue weighted by Crippen LogP contribution is 2.32. The summed E-state index contributed by atoms with van der Waals surface area (Å²) in [7, 11) is 1.65. The highest BCUT2D eigenvalue weighted by atomic mass is 32.2. The van der Waals surface area contributed by atoms with Crippen LogP contribution in [0.3, 0.4) is 0 Å². The molecule has 0 bridgehead atoms. The van der Waals surface area contributed by atoms with E-state index in [0.29, 0.717) is 18.1 Å². The predicted molar refractivity (Wildman–Crippen MR) is 170 cm³/mol. The third-order valence-corrected chi connectivity index (χ3v) is 8.32. The van der Waals surface area contributed by atoms with Gasteiger partial charge < -0.3 is 19.7 Å². The van der Waals surface area contributed by atoms with Gasteiger partial charge in [-0.25, -0.2) is 0 Å². The van der Waals surface area contributed by atoms with E-state index < -0.39 is 0 Å². The van der Waals surface area contributed by atoms with Crippen LogP contribution in [0.2, 0.25) is 0 Å². The average molecular weight is 567 g/mol. The van der Waals surface area contributed by atoms with Gasteiger partial charge in [0.15, 0.2) is 11.5 Å². The number of rotatable bonds is 20. The number of para-hydroxylation sites is 1. The van der Waals surface area contributed by atoms with E-state index in [4.69, 9.17) is 9.47 Å². The van der Waals surface area contributed by atoms with Gasteiger partial charge in [-0.3, -0.25) is 4.79 Å². The number of amides is 1. The number of methoxy groups -OCH3 is 1. The number of hydrogen-bond donors (Lipinski definition) is 1. The summed E-state index contributed by atoms with van der Waals surface area (Å²) in [5.41, 5.74) is 2.84. The summed E-state index contributed by atoms with van der Waals surface area (Å²) in [6.45, 7) is 5.88. The van der Waals surface area contributed by atoms with E-state index in [1.165, 1.54) is 81.1 Å². The van der Waals surface area contributed by atoms with Gasteiger partial charge >= 0.3 is 0 Å². The number of nitrogens with one attached hydrogen (secondary N) is 1. The fourth-order valence-electron chi connectivity index (χ4n) is 5.11. The molecule has 40 heavy (non-hydrogen) atoms. The van der Waals surface area contributed by atoms with Gasteiger partial charge in [0.05, 0.1) is 26.0 Å². The van der Waals surface area contributed by atoms with Crippen LogP contribution >= 0.6 is 11.8 Å². The van der Waals surface area contributed by atoms with Gasteiger partial charge in [0, 0.05) is 24.0 Å². The van der Waals surface area contributed by atoms with Crippen molar-refractivity contribution in [2.75, 3.05) is 24.9 Å². The first-order chi connectivity index (χ1) is 19.6. The Kier molecular flexibility index (Phi) is 14.9. The number of benzene rings is 2. The van der Waals surface area contributed by atoms with Crippen molar-refractivity contribution in [2.24, 2.45) is 0 Å². The van der Waals surface area contributed by atoms with Crippen molar-refractivity contribution < 1.29 is 14.3 Å². The van der Waals surface area contributed by atoms with Crippen molar-refractivity contribution in [2.45, 2.75) is 104 Å². The van der Waals surface area contributed by atoms with Crippen molar-refractivity contribution in [1.82, 2.24) is 4.90 Å². The van der Waals surface area contributed by atoms with E-state index in [1.54, 1.807) is 7.11 Å². The Morgan fingerprint density at radius 2 is 1.60 bits per heavy atom. The van der Waals surface area contributed by atoms with Crippen molar-refractivity contribution in [3.63, 3.8) is 0 Å². The number of carbonyl (C=O) groups is 1. The van der Waals surface area contributed by atoms with Crippen LogP contribution in [0.15, 0.2) is 53.6 Å². The summed E-state index contributed by atoms with van der Waals surface area (Å²) in [6.07, 6.45) is 18.2. The van der Waals surface area contributed by atoms with Gasteiger partial charge in [0.25, 0.3) is 0 Å². The lowest BCUT2D eigenvalue weighted by atomic mass is 10.1. The maximum absolute atomic E-state index is 13.0. The minimum absolute atomic E-state index is 0.0620. The lowest BCUT2D eigenvalue weighted by Crippen LogP contribution is -2.16. The SMILES string of the molecule is CCCCCCCCCCCCCCOc1c(CC(=O)Nc2cccc(CN3C=C(C)SC3)c2)cccc1OC. The van der Waals surface area contributed by atoms with Gasteiger partial charge in [0.2, 0.25) is 5.91 Å². The molecule has 1 amide bonds. The van der Waals surface area contributed by atoms with Crippen LogP contribution in [0.5, 0.6) is 11.5 Å². The zero-order chi connectivity index (χ0) is 28.4. The molecular weight excluding hydrogens is 516 g/mol. The highest BCUT2D eigenvalue weighted by Gasteiger charge is 2.15. The minimum Gasteiger partial charge on any atom is -0.493 e. The molecule has 0 saturated heterocycles. The summed E-state index contributed by atoms with van der Waals surface area (Å²) in [6, 6.07) is 13.9. The summed E-state index contributed by atoms with van der Waals surface area (Å²) in [5, 5.41) is 3.07. The van der Waals surface area contributed by atoms with Crippen LogP contribution in [0, 0.1) is 0 Å². The van der Waals surface area contributed by atoms with Gasteiger partial charge in [-0.15, -0.1) is 11.8 Å². The lowest BCUT2D eigenvalue weighted by molar-refractivity contribution is -0.115. The summed E-state index contributed by atoms with van der Waals surface area (Å²) < 4.78 is 11.8. The maximum Gasteiger partial charge on any atom is 0.228 e. The molecule has 5 nitrogen and oxygen atoms in total. The maximum atomic E-state index is 13.0. The van der Waals surface area contributed by atoms with E-state index in [2.05, 4.69) is 42.4 Å². The van der Waals surface area contributed by atoms with E-state index in [0.717, 1.165) is 30.1 Å². The molecular formula is C34H50N2O3S. The van der Waals surface area contributed by atoms with Gasteiger partial charge in [-0.05, 0) is 42.0 Å². The molecule has 1 N–H and O–H groups in total. The fraction of sp³-hybridized carbons (Fsp3) is 0.559. The first-order valence-corrected chi connectivity index (χ1v) is 16.3. The Hall–Kier alpha value is -2.60. The molecule has 0 aromatic heterocycles. The van der Waals surface area contributed by atoms with Crippen LogP contribution in [-0.4, -0.2) is 30.4 Å². The second-order valence-electron chi connectivity index (χ2n) is 10.9. The Labute approximate surface area is 247 Å². The van der Waals surface area contributed by atoms with Crippen molar-refractivity contribution in [1.29, 1.82) is 0 Å². The second-order valence-corrected chi connectivity index (χ2v) is 12.1. The Bertz CT molecular complexity index is 1060. The number of anilines is 1. The molecule has 0 fully saturated rings. The van der Waals surface area contributed by atoms with Crippen molar-refractivity contribution in [3.05, 3.63) is 64.7 Å². The molecule has 6 heteroatoms. The van der Waals surface area contributed by atoms with Gasteiger partial charge in [-0.1, -0.05) is 102 Å². The molecule has 3 rings (SSSR count).